The van der Waals surface area contributed by atoms with Gasteiger partial charge < -0.3 is 4.52 Å². The Morgan fingerprint density at radius 1 is 1.50 bits per heavy atom. The Morgan fingerprint density at radius 3 is 2.93 bits per heavy atom. The Morgan fingerprint density at radius 2 is 2.29 bits per heavy atom. The molecule has 0 saturated carbocycles. The molecule has 0 atom stereocenters. The normalized spacial score (nSPS) is 10.6. The molecule has 1 aromatic carbocycles. The van der Waals surface area contributed by atoms with Crippen LogP contribution in [0.25, 0.3) is 10.9 Å². The topological polar surface area (TPSA) is 52.2 Å². The first-order chi connectivity index (χ1) is 6.77. The summed E-state index contributed by atoms with van der Waals surface area (Å²) in [7, 11) is 0. The molecule has 1 heterocycles. The van der Waals surface area contributed by atoms with Gasteiger partial charge in [-0.15, -0.1) is 0 Å². The Balaban J connectivity index is 2.97. The van der Waals surface area contributed by atoms with Gasteiger partial charge in [0.2, 0.25) is 0 Å². The quantitative estimate of drug-likeness (QED) is 0.674. The second kappa shape index (κ2) is 3.14. The predicted molar refractivity (Wildman–Crippen MR) is 51.5 cm³/mol. The molecule has 1 aromatic heterocycles. The maximum Gasteiger partial charge on any atom is 0.365 e. The fourth-order valence-electron chi connectivity index (χ4n) is 1.52. The van der Waals surface area contributed by atoms with Crippen molar-refractivity contribution < 1.29 is 9.32 Å². The summed E-state index contributed by atoms with van der Waals surface area (Å²) in [6.45, 7) is 2.38. The van der Waals surface area contributed by atoms with Gasteiger partial charge >= 0.3 is 5.63 Å². The number of aryl methyl sites for hydroxylation is 1. The van der Waals surface area contributed by atoms with Crippen LogP contribution in [0, 0.1) is 0 Å². The molecule has 0 radical (unpaired) electrons. The first-order valence-corrected chi connectivity index (χ1v) is 4.36. The average Bonchev–Trinajstić information content (AvgIpc) is 2.56. The highest BCUT2D eigenvalue weighted by Gasteiger charge is 2.10. The van der Waals surface area contributed by atoms with Crippen LogP contribution in [-0.4, -0.2) is 11.0 Å². The van der Waals surface area contributed by atoms with Gasteiger partial charge in [-0.05, 0) is 19.1 Å². The molecule has 4 heteroatoms. The van der Waals surface area contributed by atoms with Crippen molar-refractivity contribution >= 4 is 17.2 Å². The van der Waals surface area contributed by atoms with E-state index < -0.39 is 5.63 Å². The number of fused-ring (bicyclic) bond motifs is 1. The van der Waals surface area contributed by atoms with E-state index in [0.29, 0.717) is 23.0 Å². The summed E-state index contributed by atoms with van der Waals surface area (Å²) in [6, 6.07) is 4.99. The molecule has 0 spiro atoms. The zero-order chi connectivity index (χ0) is 10.1. The molecule has 0 N–H and O–H groups in total. The van der Waals surface area contributed by atoms with Crippen molar-refractivity contribution in [3.63, 3.8) is 0 Å². The summed E-state index contributed by atoms with van der Waals surface area (Å²) < 4.78 is 6.39. The third-order valence-electron chi connectivity index (χ3n) is 2.14. The van der Waals surface area contributed by atoms with Crippen LogP contribution in [0.4, 0.5) is 0 Å². The molecule has 0 aliphatic carbocycles. The van der Waals surface area contributed by atoms with E-state index >= 15 is 0 Å². The third-order valence-corrected chi connectivity index (χ3v) is 2.14. The van der Waals surface area contributed by atoms with Crippen molar-refractivity contribution in [2.24, 2.45) is 0 Å². The molecule has 2 aromatic rings. The summed E-state index contributed by atoms with van der Waals surface area (Å²) in [6.07, 6.45) is 0.726. The standard InChI is InChI=1S/C10H9NO3/c1-2-11-9-7(6-12)4-3-5-8(9)10(13)14-11/h3-6H,2H2,1H3. The fourth-order valence-corrected chi connectivity index (χ4v) is 1.52. The van der Waals surface area contributed by atoms with Crippen LogP contribution in [0.2, 0.25) is 0 Å². The number of benzene rings is 1. The zero-order valence-corrected chi connectivity index (χ0v) is 7.69. The third kappa shape index (κ3) is 1.08. The minimum Gasteiger partial charge on any atom is -0.335 e. The Labute approximate surface area is 79.7 Å². The highest BCUT2D eigenvalue weighted by Crippen LogP contribution is 2.14. The van der Waals surface area contributed by atoms with E-state index in [-0.39, 0.29) is 0 Å². The molecule has 0 fully saturated rings. The number of hydrogen-bond acceptors (Lipinski definition) is 3. The Kier molecular flexibility index (Phi) is 1.96. The summed E-state index contributed by atoms with van der Waals surface area (Å²) in [5.74, 6) is 0. The van der Waals surface area contributed by atoms with Crippen LogP contribution in [-0.2, 0) is 6.54 Å². The van der Waals surface area contributed by atoms with Crippen molar-refractivity contribution in [1.82, 2.24) is 4.74 Å². The minimum absolute atomic E-state index is 0.398. The van der Waals surface area contributed by atoms with E-state index in [1.54, 1.807) is 18.2 Å². The summed E-state index contributed by atoms with van der Waals surface area (Å²) in [4.78, 5) is 22.1. The van der Waals surface area contributed by atoms with E-state index in [1.807, 2.05) is 6.92 Å². The average molecular weight is 191 g/mol. The number of aldehydes is 1. The van der Waals surface area contributed by atoms with Gasteiger partial charge in [-0.25, -0.2) is 9.53 Å². The van der Waals surface area contributed by atoms with Crippen LogP contribution in [0.1, 0.15) is 17.3 Å². The van der Waals surface area contributed by atoms with Crippen molar-refractivity contribution in [2.75, 3.05) is 0 Å². The molecule has 72 valence electrons. The molecule has 0 bridgehead atoms. The summed E-state index contributed by atoms with van der Waals surface area (Å²) in [5, 5.41) is 0.455. The number of hydrogen-bond donors (Lipinski definition) is 0. The van der Waals surface area contributed by atoms with Crippen molar-refractivity contribution in [1.29, 1.82) is 0 Å². The fraction of sp³-hybridized carbons (Fsp3) is 0.200. The van der Waals surface area contributed by atoms with Crippen LogP contribution < -0.4 is 5.63 Å². The largest absolute Gasteiger partial charge is 0.365 e. The predicted octanol–water partition coefficient (Wildman–Crippen LogP) is 1.43. The number of nitrogens with zero attached hydrogens (tertiary/aromatic N) is 1. The number of rotatable bonds is 2. The van der Waals surface area contributed by atoms with Crippen LogP contribution >= 0.6 is 0 Å². The lowest BCUT2D eigenvalue weighted by Crippen LogP contribution is -1.95. The molecule has 14 heavy (non-hydrogen) atoms. The molecule has 0 amide bonds. The number of carbonyl (C=O) groups is 1. The van der Waals surface area contributed by atoms with Crippen LogP contribution in [0.5, 0.6) is 0 Å². The van der Waals surface area contributed by atoms with Crippen molar-refractivity contribution in [2.45, 2.75) is 13.5 Å². The van der Waals surface area contributed by atoms with E-state index in [2.05, 4.69) is 0 Å². The number of carbonyl (C=O) groups excluding carboxylic acids is 1. The smallest absolute Gasteiger partial charge is 0.335 e. The van der Waals surface area contributed by atoms with Gasteiger partial charge in [0, 0.05) is 5.56 Å². The van der Waals surface area contributed by atoms with E-state index in [9.17, 15) is 9.59 Å². The van der Waals surface area contributed by atoms with E-state index in [4.69, 9.17) is 4.52 Å². The molecule has 4 nitrogen and oxygen atoms in total. The lowest BCUT2D eigenvalue weighted by Gasteiger charge is -1.98. The van der Waals surface area contributed by atoms with Gasteiger partial charge in [0.05, 0.1) is 11.9 Å². The van der Waals surface area contributed by atoms with Gasteiger partial charge in [0.15, 0.2) is 6.29 Å². The van der Waals surface area contributed by atoms with Gasteiger partial charge in [-0.2, -0.15) is 0 Å². The summed E-state index contributed by atoms with van der Waals surface area (Å²) >= 11 is 0. The summed E-state index contributed by atoms with van der Waals surface area (Å²) in [5.41, 5.74) is 0.663. The van der Waals surface area contributed by atoms with Gasteiger partial charge in [-0.3, -0.25) is 4.79 Å². The zero-order valence-electron chi connectivity index (χ0n) is 7.69. The maximum absolute atomic E-state index is 11.3. The number of aromatic nitrogens is 1. The van der Waals surface area contributed by atoms with Gasteiger partial charge in [0.1, 0.15) is 5.52 Å². The second-order valence-corrected chi connectivity index (χ2v) is 2.93. The first kappa shape index (κ1) is 8.74. The monoisotopic (exact) mass is 191 g/mol. The molecule has 0 saturated heterocycles. The Bertz CT molecular complexity index is 536. The highest BCUT2D eigenvalue weighted by molar-refractivity contribution is 5.95. The Hall–Kier alpha value is -1.84. The number of para-hydroxylation sites is 1. The molecule has 0 aliphatic rings. The minimum atomic E-state index is -0.398. The molecular formula is C10H9NO3. The molecule has 0 unspecified atom stereocenters. The lowest BCUT2D eigenvalue weighted by atomic mass is 10.1. The van der Waals surface area contributed by atoms with Gasteiger partial charge in [-0.1, -0.05) is 6.07 Å². The molecule has 0 aliphatic heterocycles. The molecule has 2 rings (SSSR count). The SMILES string of the molecule is CCn1oc(=O)c2cccc(C=O)c21. The lowest BCUT2D eigenvalue weighted by molar-refractivity contribution is 0.112. The maximum atomic E-state index is 11.3. The van der Waals surface area contributed by atoms with Crippen LogP contribution in [0.15, 0.2) is 27.5 Å². The van der Waals surface area contributed by atoms with Crippen molar-refractivity contribution in [3.05, 3.63) is 34.2 Å². The van der Waals surface area contributed by atoms with E-state index in [1.165, 1.54) is 4.74 Å². The highest BCUT2D eigenvalue weighted by atomic mass is 16.5. The first-order valence-electron chi connectivity index (χ1n) is 4.36. The van der Waals surface area contributed by atoms with Gasteiger partial charge in [0.25, 0.3) is 0 Å². The van der Waals surface area contributed by atoms with Crippen LogP contribution in [0.3, 0.4) is 0 Å². The second-order valence-electron chi connectivity index (χ2n) is 2.93. The van der Waals surface area contributed by atoms with E-state index in [0.717, 1.165) is 6.29 Å². The molecular weight excluding hydrogens is 182 g/mol. The van der Waals surface area contributed by atoms with Crippen molar-refractivity contribution in [3.8, 4) is 0 Å².